The van der Waals surface area contributed by atoms with Crippen molar-refractivity contribution in [3.05, 3.63) is 0 Å². The van der Waals surface area contributed by atoms with Gasteiger partial charge >= 0.3 is 0 Å². The number of nitrogens with zero attached hydrogens (tertiary/aromatic N) is 2. The Morgan fingerprint density at radius 2 is 2.11 bits per heavy atom. The molecule has 0 amide bonds. The average Bonchev–Trinajstić information content (AvgIpc) is 1.63. The molecule has 0 spiro atoms. The SMILES string of the molecule is CON=C(C)CN(C)C. The first kappa shape index (κ1) is 8.43. The van der Waals surface area contributed by atoms with E-state index in [1.807, 2.05) is 25.9 Å². The van der Waals surface area contributed by atoms with Crippen molar-refractivity contribution in [1.82, 2.24) is 4.90 Å². The molecule has 0 bridgehead atoms. The maximum absolute atomic E-state index is 4.57. The van der Waals surface area contributed by atoms with Gasteiger partial charge in [-0.1, -0.05) is 5.16 Å². The number of rotatable bonds is 3. The highest BCUT2D eigenvalue weighted by Crippen LogP contribution is 1.80. The molecule has 0 aliphatic carbocycles. The van der Waals surface area contributed by atoms with E-state index in [0.29, 0.717) is 0 Å². The van der Waals surface area contributed by atoms with E-state index >= 15 is 0 Å². The van der Waals surface area contributed by atoms with Crippen molar-refractivity contribution < 1.29 is 4.84 Å². The Bertz CT molecular complexity index is 99.2. The quantitative estimate of drug-likeness (QED) is 0.412. The van der Waals surface area contributed by atoms with Crippen LogP contribution in [0.5, 0.6) is 0 Å². The average molecular weight is 130 g/mol. The van der Waals surface area contributed by atoms with Gasteiger partial charge in [0, 0.05) is 6.54 Å². The molecule has 0 unspecified atom stereocenters. The van der Waals surface area contributed by atoms with E-state index in [4.69, 9.17) is 0 Å². The molecule has 3 nitrogen and oxygen atoms in total. The van der Waals surface area contributed by atoms with E-state index in [-0.39, 0.29) is 0 Å². The van der Waals surface area contributed by atoms with Crippen LogP contribution in [0.1, 0.15) is 6.92 Å². The molecule has 3 heteroatoms. The predicted molar refractivity (Wildman–Crippen MR) is 38.7 cm³/mol. The summed E-state index contributed by atoms with van der Waals surface area (Å²) in [7, 11) is 5.54. The minimum Gasteiger partial charge on any atom is -0.399 e. The minimum atomic E-state index is 0.855. The Kier molecular flexibility index (Phi) is 4.05. The van der Waals surface area contributed by atoms with Gasteiger partial charge in [0.05, 0.1) is 5.71 Å². The highest BCUT2D eigenvalue weighted by Gasteiger charge is 1.92. The van der Waals surface area contributed by atoms with Crippen molar-refractivity contribution in [2.75, 3.05) is 27.7 Å². The number of hydrogen-bond donors (Lipinski definition) is 0. The Balaban J connectivity index is 3.49. The summed E-state index contributed by atoms with van der Waals surface area (Å²) in [5.41, 5.74) is 0.988. The van der Waals surface area contributed by atoms with E-state index in [1.54, 1.807) is 7.11 Å². The highest BCUT2D eigenvalue weighted by atomic mass is 16.6. The summed E-state index contributed by atoms with van der Waals surface area (Å²) < 4.78 is 0. The summed E-state index contributed by atoms with van der Waals surface area (Å²) in [6, 6.07) is 0. The lowest BCUT2D eigenvalue weighted by Crippen LogP contribution is -2.19. The van der Waals surface area contributed by atoms with Crippen molar-refractivity contribution in [1.29, 1.82) is 0 Å². The molecular formula is C6H14N2O. The highest BCUT2D eigenvalue weighted by molar-refractivity contribution is 5.83. The van der Waals surface area contributed by atoms with Gasteiger partial charge in [-0.2, -0.15) is 0 Å². The Hall–Kier alpha value is -0.570. The molecule has 0 fully saturated rings. The zero-order valence-electron chi connectivity index (χ0n) is 6.51. The zero-order valence-corrected chi connectivity index (χ0v) is 6.51. The van der Waals surface area contributed by atoms with Crippen LogP contribution in [0, 0.1) is 0 Å². The van der Waals surface area contributed by atoms with Crippen LogP contribution in [0.4, 0.5) is 0 Å². The summed E-state index contributed by atoms with van der Waals surface area (Å²) in [6.07, 6.45) is 0. The second kappa shape index (κ2) is 4.32. The van der Waals surface area contributed by atoms with Gasteiger partial charge in [-0.25, -0.2) is 0 Å². The molecule has 0 saturated carbocycles. The van der Waals surface area contributed by atoms with Crippen LogP contribution in [-0.4, -0.2) is 38.4 Å². The molecule has 54 valence electrons. The summed E-state index contributed by atoms with van der Waals surface area (Å²) >= 11 is 0. The first-order valence-corrected chi connectivity index (χ1v) is 2.88. The molecule has 0 radical (unpaired) electrons. The van der Waals surface area contributed by atoms with Crippen LogP contribution >= 0.6 is 0 Å². The van der Waals surface area contributed by atoms with E-state index in [2.05, 4.69) is 9.99 Å². The Labute approximate surface area is 56.3 Å². The third-order valence-corrected chi connectivity index (χ3v) is 0.792. The molecule has 0 aliphatic heterocycles. The van der Waals surface area contributed by atoms with Crippen molar-refractivity contribution in [3.63, 3.8) is 0 Å². The van der Waals surface area contributed by atoms with Crippen LogP contribution in [0.2, 0.25) is 0 Å². The van der Waals surface area contributed by atoms with Crippen molar-refractivity contribution in [2.45, 2.75) is 6.92 Å². The third-order valence-electron chi connectivity index (χ3n) is 0.792. The van der Waals surface area contributed by atoms with Crippen LogP contribution in [0.15, 0.2) is 5.16 Å². The lowest BCUT2D eigenvalue weighted by molar-refractivity contribution is 0.211. The maximum atomic E-state index is 4.57. The van der Waals surface area contributed by atoms with Gasteiger partial charge in [0.15, 0.2) is 0 Å². The van der Waals surface area contributed by atoms with Gasteiger partial charge < -0.3 is 9.74 Å². The van der Waals surface area contributed by atoms with E-state index in [0.717, 1.165) is 12.3 Å². The van der Waals surface area contributed by atoms with Crippen molar-refractivity contribution in [2.24, 2.45) is 5.16 Å². The normalized spacial score (nSPS) is 12.3. The topological polar surface area (TPSA) is 24.8 Å². The Morgan fingerprint density at radius 3 is 2.44 bits per heavy atom. The van der Waals surface area contributed by atoms with Crippen molar-refractivity contribution >= 4 is 5.71 Å². The molecule has 0 heterocycles. The van der Waals surface area contributed by atoms with Gasteiger partial charge in [0.1, 0.15) is 7.11 Å². The minimum absolute atomic E-state index is 0.855. The second-order valence-corrected chi connectivity index (χ2v) is 2.25. The molecule has 0 atom stereocenters. The van der Waals surface area contributed by atoms with Gasteiger partial charge in [-0.05, 0) is 21.0 Å². The van der Waals surface area contributed by atoms with Crippen LogP contribution in [0.25, 0.3) is 0 Å². The number of hydrogen-bond acceptors (Lipinski definition) is 3. The molecule has 0 aromatic carbocycles. The summed E-state index contributed by atoms with van der Waals surface area (Å²) in [4.78, 5) is 6.61. The first-order valence-electron chi connectivity index (χ1n) is 2.88. The third kappa shape index (κ3) is 5.30. The van der Waals surface area contributed by atoms with E-state index < -0.39 is 0 Å². The molecular weight excluding hydrogens is 116 g/mol. The fraction of sp³-hybridized carbons (Fsp3) is 0.833. The van der Waals surface area contributed by atoms with Crippen LogP contribution < -0.4 is 0 Å². The predicted octanol–water partition coefficient (Wildman–Crippen LogP) is 0.570. The largest absolute Gasteiger partial charge is 0.399 e. The van der Waals surface area contributed by atoms with Gasteiger partial charge in [-0.3, -0.25) is 0 Å². The van der Waals surface area contributed by atoms with E-state index in [9.17, 15) is 0 Å². The smallest absolute Gasteiger partial charge is 0.106 e. The van der Waals surface area contributed by atoms with Crippen LogP contribution in [-0.2, 0) is 4.84 Å². The zero-order chi connectivity index (χ0) is 7.28. The standard InChI is InChI=1S/C6H14N2O/c1-6(7-9-4)5-8(2)3/h5H2,1-4H3. The Morgan fingerprint density at radius 1 is 1.56 bits per heavy atom. The molecule has 0 aromatic heterocycles. The van der Waals surface area contributed by atoms with Gasteiger partial charge in [-0.15, -0.1) is 0 Å². The molecule has 0 aliphatic rings. The monoisotopic (exact) mass is 130 g/mol. The molecule has 0 N–H and O–H groups in total. The van der Waals surface area contributed by atoms with E-state index in [1.165, 1.54) is 0 Å². The molecule has 0 rings (SSSR count). The number of oxime groups is 1. The molecule has 9 heavy (non-hydrogen) atoms. The molecule has 0 aromatic rings. The van der Waals surface area contributed by atoms with Crippen LogP contribution in [0.3, 0.4) is 0 Å². The first-order chi connectivity index (χ1) is 4.16. The van der Waals surface area contributed by atoms with Crippen molar-refractivity contribution in [3.8, 4) is 0 Å². The fourth-order valence-corrected chi connectivity index (χ4v) is 0.642. The lowest BCUT2D eigenvalue weighted by Gasteiger charge is -2.06. The summed E-state index contributed by atoms with van der Waals surface area (Å²) in [5.74, 6) is 0. The summed E-state index contributed by atoms with van der Waals surface area (Å²) in [5, 5.41) is 3.74. The second-order valence-electron chi connectivity index (χ2n) is 2.25. The maximum Gasteiger partial charge on any atom is 0.106 e. The molecule has 0 saturated heterocycles. The van der Waals surface area contributed by atoms with Gasteiger partial charge in [0.25, 0.3) is 0 Å². The van der Waals surface area contributed by atoms with Gasteiger partial charge in [0.2, 0.25) is 0 Å². The fourth-order valence-electron chi connectivity index (χ4n) is 0.642. The lowest BCUT2D eigenvalue weighted by atomic mass is 10.4. The summed E-state index contributed by atoms with van der Waals surface area (Å²) in [6.45, 7) is 2.79.